The van der Waals surface area contributed by atoms with E-state index in [1.54, 1.807) is 0 Å². The molecule has 2 N–H and O–H groups in total. The molecular weight excluding hydrogens is 504 g/mol. The van der Waals surface area contributed by atoms with E-state index in [9.17, 15) is 9.59 Å². The van der Waals surface area contributed by atoms with Crippen LogP contribution in [0.1, 0.15) is 161 Å². The zero-order chi connectivity index (χ0) is 29.6. The Hall–Kier alpha value is -2.10. The van der Waals surface area contributed by atoms with Crippen molar-refractivity contribution < 1.29 is 9.59 Å². The topological polar surface area (TPSA) is 58.2 Å². The molecule has 0 radical (unpaired) electrons. The molecule has 1 aromatic carbocycles. The lowest BCUT2D eigenvalue weighted by Crippen LogP contribution is -2.48. The second-order valence-corrected chi connectivity index (χ2v) is 11.9. The lowest BCUT2D eigenvalue weighted by Gasteiger charge is -2.19. The number of benzene rings is 1. The van der Waals surface area contributed by atoms with Crippen LogP contribution >= 0.6 is 0 Å². The second-order valence-electron chi connectivity index (χ2n) is 11.9. The molecule has 1 aromatic rings. The molecule has 0 saturated heterocycles. The number of hydrogen-bond acceptors (Lipinski definition) is 2. The summed E-state index contributed by atoms with van der Waals surface area (Å²) in [6.07, 6.45) is 31.9. The van der Waals surface area contributed by atoms with Crippen molar-refractivity contribution in [3.8, 4) is 0 Å². The van der Waals surface area contributed by atoms with Gasteiger partial charge in [0.2, 0.25) is 11.8 Å². The Morgan fingerprint density at radius 3 is 1.68 bits per heavy atom. The summed E-state index contributed by atoms with van der Waals surface area (Å²) in [6.45, 7) is 5.18. The molecular formula is C37H64N2O2. The minimum absolute atomic E-state index is 0.00751. The molecule has 0 heterocycles. The Bertz CT molecular complexity index is 761. The fraction of sp³-hybridized carbons (Fsp3) is 0.730. The Morgan fingerprint density at radius 1 is 0.634 bits per heavy atom. The van der Waals surface area contributed by atoms with Gasteiger partial charge in [0.05, 0.1) is 0 Å². The minimum Gasteiger partial charge on any atom is -0.354 e. The van der Waals surface area contributed by atoms with Gasteiger partial charge in [-0.15, -0.1) is 0 Å². The van der Waals surface area contributed by atoms with E-state index in [2.05, 4.69) is 36.6 Å². The number of hydrogen-bond donors (Lipinski definition) is 2. The van der Waals surface area contributed by atoms with Crippen molar-refractivity contribution in [2.75, 3.05) is 6.54 Å². The first-order valence-corrected chi connectivity index (χ1v) is 17.4. The van der Waals surface area contributed by atoms with Crippen molar-refractivity contribution in [1.82, 2.24) is 10.6 Å². The standard InChI is InChI=1S/C37H64N2O2/c1-3-5-7-9-11-12-13-14-15-16-17-18-19-21-23-28-32-38-37(41)35(33-34-29-25-24-26-30-34)39-36(40)31-27-22-20-10-8-6-4-2/h14-15,24-26,29-30,35H,3-13,16-23,27-28,31-33H2,1-2H3,(H,38,41)(H,39,40)/b15-14-/t35-/m0/s1. The summed E-state index contributed by atoms with van der Waals surface area (Å²) in [6, 6.07) is 9.48. The number of unbranched alkanes of at least 4 members (excludes halogenated alkanes) is 18. The third-order valence-corrected chi connectivity index (χ3v) is 7.93. The van der Waals surface area contributed by atoms with E-state index in [0.29, 0.717) is 19.4 Å². The van der Waals surface area contributed by atoms with Crippen LogP contribution in [0.2, 0.25) is 0 Å². The van der Waals surface area contributed by atoms with E-state index >= 15 is 0 Å². The van der Waals surface area contributed by atoms with Gasteiger partial charge in [-0.2, -0.15) is 0 Å². The van der Waals surface area contributed by atoms with E-state index in [4.69, 9.17) is 0 Å². The first-order chi connectivity index (χ1) is 20.2. The Balaban J connectivity index is 2.17. The maximum Gasteiger partial charge on any atom is 0.242 e. The SMILES string of the molecule is CCCCCCCC/C=C\CCCCCCCCNC(=O)[C@H](Cc1ccccc1)NC(=O)CCCCCCCCC. The average molecular weight is 569 g/mol. The number of carbonyl (C=O) groups excluding carboxylic acids is 2. The summed E-state index contributed by atoms with van der Waals surface area (Å²) in [5.41, 5.74) is 1.07. The number of allylic oxidation sites excluding steroid dienone is 2. The molecule has 41 heavy (non-hydrogen) atoms. The van der Waals surface area contributed by atoms with Crippen LogP contribution in [0.4, 0.5) is 0 Å². The molecule has 0 unspecified atom stereocenters. The monoisotopic (exact) mass is 568 g/mol. The lowest BCUT2D eigenvalue weighted by molar-refractivity contribution is -0.129. The summed E-state index contributed by atoms with van der Waals surface area (Å²) in [5.74, 6) is -0.0681. The van der Waals surface area contributed by atoms with Crippen LogP contribution in [0.25, 0.3) is 0 Å². The molecule has 0 bridgehead atoms. The van der Waals surface area contributed by atoms with Crippen LogP contribution in [0.15, 0.2) is 42.5 Å². The Labute approximate surface area is 253 Å². The van der Waals surface area contributed by atoms with Gasteiger partial charge in [-0.05, 0) is 44.1 Å². The first-order valence-electron chi connectivity index (χ1n) is 17.4. The van der Waals surface area contributed by atoms with Crippen LogP contribution in [0.3, 0.4) is 0 Å². The molecule has 1 rings (SSSR count). The quantitative estimate of drug-likeness (QED) is 0.0780. The third kappa shape index (κ3) is 23.2. The van der Waals surface area contributed by atoms with Crippen molar-refractivity contribution in [1.29, 1.82) is 0 Å². The Morgan fingerprint density at radius 2 is 1.12 bits per heavy atom. The number of amides is 2. The fourth-order valence-corrected chi connectivity index (χ4v) is 5.28. The summed E-state index contributed by atoms with van der Waals surface area (Å²) in [5, 5.41) is 6.12. The summed E-state index contributed by atoms with van der Waals surface area (Å²) < 4.78 is 0. The van der Waals surface area contributed by atoms with Crippen molar-refractivity contribution in [3.63, 3.8) is 0 Å². The lowest BCUT2D eigenvalue weighted by atomic mass is 10.0. The zero-order valence-corrected chi connectivity index (χ0v) is 26.9. The second kappa shape index (κ2) is 28.0. The predicted molar refractivity (Wildman–Crippen MR) is 177 cm³/mol. The third-order valence-electron chi connectivity index (χ3n) is 7.93. The molecule has 2 amide bonds. The van der Waals surface area contributed by atoms with Crippen LogP contribution in [-0.4, -0.2) is 24.4 Å². The molecule has 4 heteroatoms. The van der Waals surface area contributed by atoms with Crippen LogP contribution in [0, 0.1) is 0 Å². The molecule has 0 aliphatic carbocycles. The highest BCUT2D eigenvalue weighted by atomic mass is 16.2. The first kappa shape index (κ1) is 36.9. The molecule has 1 atom stereocenters. The largest absolute Gasteiger partial charge is 0.354 e. The average Bonchev–Trinajstić information content (AvgIpc) is 2.98. The minimum atomic E-state index is -0.511. The highest BCUT2D eigenvalue weighted by Crippen LogP contribution is 2.11. The molecule has 0 saturated carbocycles. The van der Waals surface area contributed by atoms with Crippen molar-refractivity contribution in [2.24, 2.45) is 0 Å². The molecule has 4 nitrogen and oxygen atoms in total. The number of rotatable bonds is 28. The van der Waals surface area contributed by atoms with E-state index in [-0.39, 0.29) is 11.8 Å². The van der Waals surface area contributed by atoms with E-state index in [1.807, 2.05) is 30.3 Å². The molecule has 0 spiro atoms. The predicted octanol–water partition coefficient (Wildman–Crippen LogP) is 10.0. The molecule has 234 valence electrons. The van der Waals surface area contributed by atoms with Crippen LogP contribution in [0.5, 0.6) is 0 Å². The highest BCUT2D eigenvalue weighted by Gasteiger charge is 2.20. The van der Waals surface area contributed by atoms with Gasteiger partial charge in [0.25, 0.3) is 0 Å². The smallest absolute Gasteiger partial charge is 0.242 e. The fourth-order valence-electron chi connectivity index (χ4n) is 5.28. The van der Waals surface area contributed by atoms with Crippen LogP contribution < -0.4 is 10.6 Å². The Kier molecular flexibility index (Phi) is 25.3. The van der Waals surface area contributed by atoms with Gasteiger partial charge in [-0.3, -0.25) is 9.59 Å². The zero-order valence-electron chi connectivity index (χ0n) is 26.9. The normalized spacial score (nSPS) is 12.0. The van der Waals surface area contributed by atoms with Crippen molar-refractivity contribution >= 4 is 11.8 Å². The van der Waals surface area contributed by atoms with E-state index in [0.717, 1.165) is 31.2 Å². The van der Waals surface area contributed by atoms with Crippen molar-refractivity contribution in [3.05, 3.63) is 48.0 Å². The van der Waals surface area contributed by atoms with Gasteiger partial charge in [0.15, 0.2) is 0 Å². The van der Waals surface area contributed by atoms with Crippen molar-refractivity contribution in [2.45, 2.75) is 168 Å². The summed E-state index contributed by atoms with van der Waals surface area (Å²) in [4.78, 5) is 25.6. The van der Waals surface area contributed by atoms with Gasteiger partial charge in [0, 0.05) is 19.4 Å². The molecule has 0 aromatic heterocycles. The van der Waals surface area contributed by atoms with E-state index < -0.39 is 6.04 Å². The molecule has 0 aliphatic heterocycles. The van der Waals surface area contributed by atoms with Gasteiger partial charge >= 0.3 is 0 Å². The van der Waals surface area contributed by atoms with Gasteiger partial charge in [-0.25, -0.2) is 0 Å². The molecule has 0 fully saturated rings. The van der Waals surface area contributed by atoms with Gasteiger partial charge < -0.3 is 10.6 Å². The van der Waals surface area contributed by atoms with E-state index in [1.165, 1.54) is 109 Å². The van der Waals surface area contributed by atoms with Gasteiger partial charge in [0.1, 0.15) is 6.04 Å². The number of nitrogens with one attached hydrogen (secondary N) is 2. The summed E-state index contributed by atoms with van der Waals surface area (Å²) >= 11 is 0. The molecule has 0 aliphatic rings. The number of carbonyl (C=O) groups is 2. The summed E-state index contributed by atoms with van der Waals surface area (Å²) in [7, 11) is 0. The van der Waals surface area contributed by atoms with Crippen LogP contribution in [-0.2, 0) is 16.0 Å². The maximum atomic E-state index is 13.0. The highest BCUT2D eigenvalue weighted by molar-refractivity contribution is 5.87. The van der Waals surface area contributed by atoms with Gasteiger partial charge in [-0.1, -0.05) is 153 Å². The maximum absolute atomic E-state index is 13.0.